The van der Waals surface area contributed by atoms with Gasteiger partial charge in [-0.15, -0.1) is 0 Å². The highest BCUT2D eigenvalue weighted by atomic mass is 35.5. The third kappa shape index (κ3) is 3.63. The van der Waals surface area contributed by atoms with Crippen LogP contribution in [-0.2, 0) is 11.2 Å². The molecule has 0 aromatic heterocycles. The predicted octanol–water partition coefficient (Wildman–Crippen LogP) is 3.15. The number of carbonyl (C=O) groups is 1. The molecule has 19 heavy (non-hydrogen) atoms. The molecule has 4 heteroatoms. The summed E-state index contributed by atoms with van der Waals surface area (Å²) in [5, 5.41) is 0.555. The van der Waals surface area contributed by atoms with Gasteiger partial charge in [-0.25, -0.2) is 0 Å². The Labute approximate surface area is 119 Å². The van der Waals surface area contributed by atoms with Gasteiger partial charge in [0.2, 0.25) is 5.91 Å². The van der Waals surface area contributed by atoms with Crippen LogP contribution in [0.1, 0.15) is 25.3 Å². The minimum atomic E-state index is 0.188. The Bertz CT molecular complexity index is 461. The molecule has 1 aromatic rings. The van der Waals surface area contributed by atoms with E-state index >= 15 is 0 Å². The number of amides is 1. The number of nitrogens with zero attached hydrogens (tertiary/aromatic N) is 1. The van der Waals surface area contributed by atoms with Gasteiger partial charge < -0.3 is 9.64 Å². The zero-order chi connectivity index (χ0) is 13.8. The molecule has 1 aromatic carbocycles. The summed E-state index contributed by atoms with van der Waals surface area (Å²) in [4.78, 5) is 14.2. The van der Waals surface area contributed by atoms with Crippen molar-refractivity contribution in [3.8, 4) is 5.75 Å². The lowest BCUT2D eigenvalue weighted by atomic mass is 9.99. The van der Waals surface area contributed by atoms with E-state index in [1.807, 2.05) is 23.1 Å². The van der Waals surface area contributed by atoms with E-state index in [9.17, 15) is 4.79 Å². The monoisotopic (exact) mass is 281 g/mol. The summed E-state index contributed by atoms with van der Waals surface area (Å²) in [6.07, 6.45) is 2.74. The van der Waals surface area contributed by atoms with Gasteiger partial charge in [0, 0.05) is 13.1 Å². The zero-order valence-corrected chi connectivity index (χ0v) is 12.2. The molecule has 1 fully saturated rings. The summed E-state index contributed by atoms with van der Waals surface area (Å²) < 4.78 is 5.11. The highest BCUT2D eigenvalue weighted by Crippen LogP contribution is 2.25. The summed E-state index contributed by atoms with van der Waals surface area (Å²) in [6.45, 7) is 3.96. The molecule has 0 radical (unpaired) electrons. The van der Waals surface area contributed by atoms with E-state index in [4.69, 9.17) is 16.3 Å². The molecule has 1 atom stereocenters. The first-order valence-corrected chi connectivity index (χ1v) is 7.08. The Morgan fingerprint density at radius 3 is 2.95 bits per heavy atom. The van der Waals surface area contributed by atoms with Crippen molar-refractivity contribution in [1.29, 1.82) is 0 Å². The Kier molecular flexibility index (Phi) is 4.70. The first-order valence-electron chi connectivity index (χ1n) is 6.70. The number of piperidine rings is 1. The molecule has 2 rings (SSSR count). The molecule has 3 nitrogen and oxygen atoms in total. The minimum Gasteiger partial charge on any atom is -0.495 e. The topological polar surface area (TPSA) is 29.5 Å². The first kappa shape index (κ1) is 14.2. The van der Waals surface area contributed by atoms with Crippen LogP contribution in [0.2, 0.25) is 5.02 Å². The van der Waals surface area contributed by atoms with Crippen molar-refractivity contribution >= 4 is 17.5 Å². The molecular weight excluding hydrogens is 262 g/mol. The van der Waals surface area contributed by atoms with Gasteiger partial charge >= 0.3 is 0 Å². The van der Waals surface area contributed by atoms with E-state index < -0.39 is 0 Å². The Hall–Kier alpha value is -1.22. The van der Waals surface area contributed by atoms with E-state index in [0.29, 0.717) is 23.1 Å². The second-order valence-corrected chi connectivity index (χ2v) is 5.64. The molecular formula is C15H20ClNO2. The van der Waals surface area contributed by atoms with Crippen molar-refractivity contribution in [2.45, 2.75) is 26.2 Å². The lowest BCUT2D eigenvalue weighted by Gasteiger charge is -2.31. The van der Waals surface area contributed by atoms with Crippen molar-refractivity contribution in [3.05, 3.63) is 28.8 Å². The maximum absolute atomic E-state index is 12.2. The van der Waals surface area contributed by atoms with Crippen LogP contribution in [0.4, 0.5) is 0 Å². The van der Waals surface area contributed by atoms with E-state index in [0.717, 1.165) is 25.1 Å². The van der Waals surface area contributed by atoms with Crippen molar-refractivity contribution in [2.75, 3.05) is 20.2 Å². The third-order valence-electron chi connectivity index (χ3n) is 3.58. The second-order valence-electron chi connectivity index (χ2n) is 5.23. The van der Waals surface area contributed by atoms with Crippen LogP contribution in [-0.4, -0.2) is 31.0 Å². The van der Waals surface area contributed by atoms with E-state index in [1.54, 1.807) is 7.11 Å². The van der Waals surface area contributed by atoms with Crippen LogP contribution in [0.3, 0.4) is 0 Å². The van der Waals surface area contributed by atoms with Gasteiger partial charge in [0.25, 0.3) is 0 Å². The summed E-state index contributed by atoms with van der Waals surface area (Å²) in [7, 11) is 1.58. The number of ether oxygens (including phenoxy) is 1. The number of hydrogen-bond acceptors (Lipinski definition) is 2. The molecule has 1 unspecified atom stereocenters. The molecule has 0 bridgehead atoms. The maximum atomic E-state index is 12.2. The number of methoxy groups -OCH3 is 1. The van der Waals surface area contributed by atoms with Gasteiger partial charge in [-0.1, -0.05) is 24.6 Å². The van der Waals surface area contributed by atoms with E-state index in [-0.39, 0.29) is 5.91 Å². The highest BCUT2D eigenvalue weighted by molar-refractivity contribution is 6.32. The molecule has 1 heterocycles. The molecule has 0 spiro atoms. The fourth-order valence-corrected chi connectivity index (χ4v) is 2.80. The lowest BCUT2D eigenvalue weighted by molar-refractivity contribution is -0.132. The number of hydrogen-bond donors (Lipinski definition) is 0. The van der Waals surface area contributed by atoms with Gasteiger partial charge in [-0.05, 0) is 36.5 Å². The van der Waals surface area contributed by atoms with E-state index in [2.05, 4.69) is 6.92 Å². The molecule has 0 N–H and O–H groups in total. The van der Waals surface area contributed by atoms with Crippen molar-refractivity contribution < 1.29 is 9.53 Å². The van der Waals surface area contributed by atoms with E-state index in [1.165, 1.54) is 6.42 Å². The SMILES string of the molecule is COc1ccc(CC(=O)N2CCCC(C)C2)cc1Cl. The highest BCUT2D eigenvalue weighted by Gasteiger charge is 2.21. The zero-order valence-electron chi connectivity index (χ0n) is 11.5. The molecule has 0 saturated carbocycles. The summed E-state index contributed by atoms with van der Waals surface area (Å²) in [5.74, 6) is 1.44. The fraction of sp³-hybridized carbons (Fsp3) is 0.533. The summed E-state index contributed by atoms with van der Waals surface area (Å²) >= 11 is 6.07. The van der Waals surface area contributed by atoms with Crippen LogP contribution in [0.15, 0.2) is 18.2 Å². The smallest absolute Gasteiger partial charge is 0.226 e. The Morgan fingerprint density at radius 2 is 2.32 bits per heavy atom. The fourth-order valence-electron chi connectivity index (χ4n) is 2.52. The number of benzene rings is 1. The largest absolute Gasteiger partial charge is 0.495 e. The van der Waals surface area contributed by atoms with Crippen LogP contribution >= 0.6 is 11.6 Å². The van der Waals surface area contributed by atoms with Gasteiger partial charge in [0.1, 0.15) is 5.75 Å². The number of carbonyl (C=O) groups excluding carboxylic acids is 1. The standard InChI is InChI=1S/C15H20ClNO2/c1-11-4-3-7-17(10-11)15(18)9-12-5-6-14(19-2)13(16)8-12/h5-6,8,11H,3-4,7,9-10H2,1-2H3. The van der Waals surface area contributed by atoms with Crippen molar-refractivity contribution in [2.24, 2.45) is 5.92 Å². The van der Waals surface area contributed by atoms with Crippen molar-refractivity contribution in [3.63, 3.8) is 0 Å². The van der Waals surface area contributed by atoms with Gasteiger partial charge in [0.05, 0.1) is 18.6 Å². The predicted molar refractivity (Wildman–Crippen MR) is 76.7 cm³/mol. The lowest BCUT2D eigenvalue weighted by Crippen LogP contribution is -2.39. The van der Waals surface area contributed by atoms with Crippen LogP contribution in [0, 0.1) is 5.92 Å². The number of halogens is 1. The third-order valence-corrected chi connectivity index (χ3v) is 3.88. The van der Waals surface area contributed by atoms with Gasteiger partial charge in [-0.2, -0.15) is 0 Å². The molecule has 0 aliphatic carbocycles. The number of likely N-dealkylation sites (tertiary alicyclic amines) is 1. The van der Waals surface area contributed by atoms with Gasteiger partial charge in [-0.3, -0.25) is 4.79 Å². The average Bonchev–Trinajstić information content (AvgIpc) is 2.39. The average molecular weight is 282 g/mol. The molecule has 1 aliphatic heterocycles. The van der Waals surface area contributed by atoms with Crippen LogP contribution < -0.4 is 4.74 Å². The van der Waals surface area contributed by atoms with Gasteiger partial charge in [0.15, 0.2) is 0 Å². The normalized spacial score (nSPS) is 19.3. The second kappa shape index (κ2) is 6.29. The summed E-state index contributed by atoms with van der Waals surface area (Å²) in [5.41, 5.74) is 0.939. The molecule has 1 saturated heterocycles. The maximum Gasteiger partial charge on any atom is 0.226 e. The summed E-state index contributed by atoms with van der Waals surface area (Å²) in [6, 6.07) is 5.52. The van der Waals surface area contributed by atoms with Crippen LogP contribution in [0.25, 0.3) is 0 Å². The number of rotatable bonds is 3. The molecule has 104 valence electrons. The molecule has 1 aliphatic rings. The van der Waals surface area contributed by atoms with Crippen LogP contribution in [0.5, 0.6) is 5.75 Å². The Balaban J connectivity index is 2.00. The minimum absolute atomic E-state index is 0.188. The molecule has 1 amide bonds. The van der Waals surface area contributed by atoms with Crippen molar-refractivity contribution in [1.82, 2.24) is 4.90 Å². The Morgan fingerprint density at radius 1 is 1.53 bits per heavy atom. The quantitative estimate of drug-likeness (QED) is 0.852. The first-order chi connectivity index (χ1) is 9.10.